The molecular formula is C66H102N16O17S. The van der Waals surface area contributed by atoms with Crippen molar-refractivity contribution < 1.29 is 82.8 Å². The average molecular weight is 1420 g/mol. The summed E-state index contributed by atoms with van der Waals surface area (Å²) < 4.78 is 0. The second-order valence-corrected chi connectivity index (χ2v) is 26.7. The van der Waals surface area contributed by atoms with E-state index < -0.39 is 175 Å². The topological polar surface area (TPSA) is 541 Å². The number of thioether (sulfide) groups is 1. The third-order valence-electron chi connectivity index (χ3n) is 16.0. The number of benzene rings is 2. The fourth-order valence-electron chi connectivity index (χ4n) is 10.3. The van der Waals surface area contributed by atoms with Crippen LogP contribution in [-0.2, 0) is 75.2 Å². The van der Waals surface area contributed by atoms with Crippen LogP contribution < -0.4 is 75.7 Å². The number of para-hydroxylation sites is 1. The maximum atomic E-state index is 14.8. The lowest BCUT2D eigenvalue weighted by molar-refractivity contribution is -0.142. The van der Waals surface area contributed by atoms with Crippen LogP contribution in [0.1, 0.15) is 118 Å². The smallest absolute Gasteiger partial charge is 0.325 e. The van der Waals surface area contributed by atoms with Crippen LogP contribution in [0.2, 0.25) is 0 Å². The molecule has 0 saturated heterocycles. The number of aromatic amines is 1. The molecule has 3 rings (SSSR count). The molecule has 3 aromatic rings. The van der Waals surface area contributed by atoms with Gasteiger partial charge in [0.25, 0.3) is 0 Å². The van der Waals surface area contributed by atoms with Gasteiger partial charge >= 0.3 is 11.9 Å². The molecule has 0 saturated carbocycles. The minimum absolute atomic E-state index is 0.0283. The Balaban J connectivity index is 1.97. The highest BCUT2D eigenvalue weighted by Crippen LogP contribution is 2.21. The molecule has 12 atom stereocenters. The monoisotopic (exact) mass is 1420 g/mol. The maximum Gasteiger partial charge on any atom is 0.325 e. The zero-order valence-electron chi connectivity index (χ0n) is 58.2. The Kier molecular flexibility index (Phi) is 35.9. The number of guanidine groups is 1. The van der Waals surface area contributed by atoms with Gasteiger partial charge in [-0.1, -0.05) is 92.1 Å². The van der Waals surface area contributed by atoms with E-state index >= 15 is 0 Å². The predicted molar refractivity (Wildman–Crippen MR) is 373 cm³/mol. The molecule has 0 bridgehead atoms. The Hall–Kier alpha value is -9.57. The Morgan fingerprint density at radius 1 is 0.570 bits per heavy atom. The van der Waals surface area contributed by atoms with Crippen LogP contribution in [0.15, 0.2) is 59.7 Å². The third-order valence-corrected chi connectivity index (χ3v) is 16.6. The molecule has 0 radical (unpaired) electrons. The van der Waals surface area contributed by atoms with Crippen molar-refractivity contribution in [2.45, 2.75) is 187 Å². The van der Waals surface area contributed by atoms with Crippen LogP contribution >= 0.6 is 11.8 Å². The number of hydrogen-bond acceptors (Lipinski definition) is 18. The molecule has 11 amide bonds. The van der Waals surface area contributed by atoms with E-state index in [0.29, 0.717) is 28.5 Å². The van der Waals surface area contributed by atoms with Gasteiger partial charge in [-0.15, -0.1) is 0 Å². The van der Waals surface area contributed by atoms with Crippen LogP contribution in [0.5, 0.6) is 5.75 Å². The number of phenolic OH excluding ortho intramolecular Hbond substituents is 1. The maximum absolute atomic E-state index is 14.8. The molecule has 2 aromatic carbocycles. The van der Waals surface area contributed by atoms with E-state index in [1.165, 1.54) is 43.0 Å². The summed E-state index contributed by atoms with van der Waals surface area (Å²) in [6.45, 7) is 13.5. The van der Waals surface area contributed by atoms with E-state index in [1.807, 2.05) is 13.8 Å². The summed E-state index contributed by atoms with van der Waals surface area (Å²) in [5, 5.41) is 68.2. The van der Waals surface area contributed by atoms with Crippen LogP contribution in [0.25, 0.3) is 10.9 Å². The predicted octanol–water partition coefficient (Wildman–Crippen LogP) is -1.88. The Morgan fingerprint density at radius 2 is 1.09 bits per heavy atom. The molecule has 0 unspecified atom stereocenters. The van der Waals surface area contributed by atoms with Gasteiger partial charge in [-0.3, -0.25) is 67.3 Å². The van der Waals surface area contributed by atoms with Gasteiger partial charge in [-0.05, 0) is 104 Å². The van der Waals surface area contributed by atoms with E-state index in [-0.39, 0.29) is 80.8 Å². The first-order chi connectivity index (χ1) is 47.1. The number of rotatable bonds is 44. The number of amides is 11. The standard InChI is InChI=1S/C66H102N16O17S/c1-11-36(8)54(82-62(95)50(32-83)80-55(88)42(67)25-33(2)3)64(97)78-47(27-38-18-20-40(84)21-19-38)58(91)76-46(26-34(4)5)61(94)81-53(35(6)7)63(96)79-48(28-39-30-71-43-16-13-12-15-41(39)43)59(92)77-49(29-52(86)87)60(93)75-45(22-24-100-10)56(89)72-31-51(85)74-44(17-14-23-70-66(68)69)57(90)73-37(9)65(98)99/h12-13,15-16,18-21,30,33-37,42,44-50,53-54,71,83-84H,11,14,17,22-29,31-32,67H2,1-10H3,(H,72,89)(H,73,90)(H,74,85)(H,75,93)(H,76,91)(H,77,92)(H,78,97)(H,79,96)(H,80,88)(H,81,94)(H,82,95)(H,86,87)(H,98,99)(H4,68,69,70)/t36-,37-,42-,44-,45-,46-,47-,48-,49-,50-,53-,54-/m0/s1. The first kappa shape index (κ1) is 84.7. The molecule has 0 spiro atoms. The van der Waals surface area contributed by atoms with Crippen molar-refractivity contribution in [2.75, 3.05) is 31.7 Å². The fourth-order valence-corrected chi connectivity index (χ4v) is 10.7. The number of aromatic nitrogens is 1. The Morgan fingerprint density at radius 3 is 1.66 bits per heavy atom. The molecule has 554 valence electrons. The molecule has 0 aliphatic carbocycles. The lowest BCUT2D eigenvalue weighted by Crippen LogP contribution is -2.62. The van der Waals surface area contributed by atoms with Gasteiger partial charge in [-0.25, -0.2) is 0 Å². The van der Waals surface area contributed by atoms with Crippen molar-refractivity contribution in [2.24, 2.45) is 45.9 Å². The summed E-state index contributed by atoms with van der Waals surface area (Å²) in [4.78, 5) is 185. The SMILES string of the molecule is CC[C@H](C)[C@H](NC(=O)[C@H](CO)NC(=O)[C@@H](N)CC(C)C)C(=O)N[C@@H](Cc1ccc(O)cc1)C(=O)N[C@@H](CC(C)C)C(=O)N[C@H](C(=O)N[C@@H](Cc1c[nH]c2ccccc12)C(=O)N[C@@H](CC(=O)O)C(=O)N[C@@H](CCSC)C(=O)NCC(=O)N[C@@H](CCCN=C(N)N)C(=O)N[C@@H](C)C(=O)O)C(C)C. The number of nitrogens with zero attached hydrogens (tertiary/aromatic N) is 1. The molecule has 22 N–H and O–H groups in total. The van der Waals surface area contributed by atoms with Crippen LogP contribution in [0.4, 0.5) is 0 Å². The number of carboxylic acids is 2. The van der Waals surface area contributed by atoms with Crippen LogP contribution in [-0.4, -0.2) is 206 Å². The van der Waals surface area contributed by atoms with Gasteiger partial charge < -0.3 is 101 Å². The molecule has 0 fully saturated rings. The number of aliphatic hydroxyl groups excluding tert-OH is 1. The number of H-pyrrole nitrogens is 1. The second kappa shape index (κ2) is 42.4. The van der Waals surface area contributed by atoms with E-state index in [0.717, 1.165) is 0 Å². The van der Waals surface area contributed by atoms with Crippen LogP contribution in [0.3, 0.4) is 0 Å². The largest absolute Gasteiger partial charge is 0.508 e. The normalized spacial score (nSPS) is 14.9. The number of carbonyl (C=O) groups excluding carboxylic acids is 11. The number of fused-ring (bicyclic) bond motifs is 1. The first-order valence-electron chi connectivity index (χ1n) is 33.1. The van der Waals surface area contributed by atoms with Gasteiger partial charge in [0, 0.05) is 36.5 Å². The molecule has 1 aromatic heterocycles. The number of carbonyl (C=O) groups is 13. The summed E-state index contributed by atoms with van der Waals surface area (Å²) >= 11 is 1.27. The van der Waals surface area contributed by atoms with Crippen molar-refractivity contribution in [1.29, 1.82) is 0 Å². The Bertz CT molecular complexity index is 3310. The number of aromatic hydroxyl groups is 1. The van der Waals surface area contributed by atoms with Gasteiger partial charge in [0.15, 0.2) is 5.96 Å². The molecule has 34 heteroatoms. The summed E-state index contributed by atoms with van der Waals surface area (Å²) in [7, 11) is 0. The Labute approximate surface area is 585 Å². The van der Waals surface area contributed by atoms with Gasteiger partial charge in [0.1, 0.15) is 66.2 Å². The quantitative estimate of drug-likeness (QED) is 0.0167. The number of nitrogens with one attached hydrogen (secondary N) is 12. The van der Waals surface area contributed by atoms with E-state index in [9.17, 15) is 82.8 Å². The minimum Gasteiger partial charge on any atom is -0.508 e. The summed E-state index contributed by atoms with van der Waals surface area (Å²) in [5.41, 5.74) is 18.4. The third kappa shape index (κ3) is 29.1. The molecule has 100 heavy (non-hydrogen) atoms. The molecular weight excluding hydrogens is 1320 g/mol. The van der Waals surface area contributed by atoms with Crippen molar-refractivity contribution in [1.82, 2.24) is 63.5 Å². The summed E-state index contributed by atoms with van der Waals surface area (Å²) in [6.07, 6.45) is 2.35. The lowest BCUT2D eigenvalue weighted by atomic mass is 9.96. The molecule has 33 nitrogen and oxygen atoms in total. The molecule has 1 heterocycles. The van der Waals surface area contributed by atoms with E-state index in [4.69, 9.17) is 17.2 Å². The number of hydrogen-bond donors (Lipinski definition) is 19. The number of phenols is 1. The lowest BCUT2D eigenvalue weighted by Gasteiger charge is -2.30. The van der Waals surface area contributed by atoms with E-state index in [2.05, 4.69) is 68.5 Å². The van der Waals surface area contributed by atoms with Crippen molar-refractivity contribution in [3.63, 3.8) is 0 Å². The molecule has 0 aliphatic heterocycles. The fraction of sp³-hybridized carbons (Fsp3) is 0.576. The first-order valence-corrected chi connectivity index (χ1v) is 34.5. The highest BCUT2D eigenvalue weighted by molar-refractivity contribution is 7.98. The number of aliphatic imine (C=N–C) groups is 1. The van der Waals surface area contributed by atoms with E-state index in [1.54, 1.807) is 78.3 Å². The minimum atomic E-state index is -1.91. The van der Waals surface area contributed by atoms with Crippen molar-refractivity contribution in [3.8, 4) is 5.75 Å². The highest BCUT2D eigenvalue weighted by Gasteiger charge is 2.38. The van der Waals surface area contributed by atoms with Gasteiger partial charge in [-0.2, -0.15) is 11.8 Å². The second-order valence-electron chi connectivity index (χ2n) is 25.7. The average Bonchev–Trinajstić information content (AvgIpc) is 1.60. The zero-order chi connectivity index (χ0) is 75.1. The van der Waals surface area contributed by atoms with Gasteiger partial charge in [0.05, 0.1) is 25.6 Å². The number of nitrogens with two attached hydrogens (primary N) is 3. The molecule has 0 aliphatic rings. The highest BCUT2D eigenvalue weighted by atomic mass is 32.2. The van der Waals surface area contributed by atoms with Crippen molar-refractivity contribution >= 4 is 106 Å². The summed E-state index contributed by atoms with van der Waals surface area (Å²) in [5.74, 6) is -14.6. The summed E-state index contributed by atoms with van der Waals surface area (Å²) in [6, 6.07) is -3.09. The zero-order valence-corrected chi connectivity index (χ0v) is 59.0. The van der Waals surface area contributed by atoms with Gasteiger partial charge in [0.2, 0.25) is 65.0 Å². The van der Waals surface area contributed by atoms with Crippen molar-refractivity contribution in [3.05, 3.63) is 65.9 Å². The number of aliphatic hydroxyl groups is 1. The van der Waals surface area contributed by atoms with Crippen LogP contribution in [0, 0.1) is 23.7 Å². The number of carboxylic acid groups (broad SMARTS) is 2. The number of aliphatic carboxylic acids is 2.